The fourth-order valence-electron chi connectivity index (χ4n) is 4.78. The highest BCUT2D eigenvalue weighted by molar-refractivity contribution is 6.09. The second-order valence-corrected chi connectivity index (χ2v) is 9.83. The molecule has 2 amide bonds. The summed E-state index contributed by atoms with van der Waals surface area (Å²) >= 11 is 0. The Hall–Kier alpha value is -5.53. The number of carbonyl (C=O) groups excluding carboxylic acids is 2. The number of hydrogen-bond donors (Lipinski definition) is 3. The van der Waals surface area contributed by atoms with Gasteiger partial charge < -0.3 is 16.4 Å². The Morgan fingerprint density at radius 3 is 2.52 bits per heavy atom. The van der Waals surface area contributed by atoms with E-state index in [1.54, 1.807) is 34.0 Å². The van der Waals surface area contributed by atoms with Gasteiger partial charge in [-0.15, -0.1) is 0 Å². The van der Waals surface area contributed by atoms with Gasteiger partial charge in [-0.3, -0.25) is 28.8 Å². The van der Waals surface area contributed by atoms with Crippen LogP contribution in [-0.4, -0.2) is 51.9 Å². The number of hydrogen-bond acceptors (Lipinski definition) is 7. The monoisotopic (exact) mass is 559 g/mol. The summed E-state index contributed by atoms with van der Waals surface area (Å²) in [7, 11) is 3.61. The van der Waals surface area contributed by atoms with Crippen molar-refractivity contribution in [2.45, 2.75) is 13.1 Å². The van der Waals surface area contributed by atoms with E-state index in [2.05, 4.69) is 32.4 Å². The summed E-state index contributed by atoms with van der Waals surface area (Å²) in [5.74, 6) is 5.32. The number of aromatic nitrogens is 3. The molecule has 0 saturated heterocycles. The highest BCUT2D eigenvalue weighted by Crippen LogP contribution is 2.26. The van der Waals surface area contributed by atoms with Crippen molar-refractivity contribution in [3.63, 3.8) is 0 Å². The molecular weight excluding hydrogens is 530 g/mol. The van der Waals surface area contributed by atoms with Crippen molar-refractivity contribution in [1.82, 2.24) is 30.1 Å². The van der Waals surface area contributed by atoms with Crippen molar-refractivity contribution < 1.29 is 9.59 Å². The first-order valence-electron chi connectivity index (χ1n) is 13.2. The zero-order chi connectivity index (χ0) is 29.8. The molecule has 0 aliphatic carbocycles. The smallest absolute Gasteiger partial charge is 0.264 e. The predicted molar refractivity (Wildman–Crippen MR) is 163 cm³/mol. The van der Waals surface area contributed by atoms with E-state index >= 15 is 0 Å². The second kappa shape index (κ2) is 11.9. The molecule has 210 valence electrons. The van der Waals surface area contributed by atoms with Crippen molar-refractivity contribution in [1.29, 1.82) is 0 Å². The third-order valence-corrected chi connectivity index (χ3v) is 6.70. The van der Waals surface area contributed by atoms with Gasteiger partial charge in [0.2, 0.25) is 5.91 Å². The van der Waals surface area contributed by atoms with Gasteiger partial charge in [0.1, 0.15) is 17.5 Å². The number of nitrogens with one attached hydrogen (secondary N) is 2. The maximum atomic E-state index is 14.3. The topological polar surface area (TPSA) is 135 Å². The first kappa shape index (κ1) is 28.0. The predicted octanol–water partition coefficient (Wildman–Crippen LogP) is 2.99. The molecule has 4 N–H and O–H groups in total. The highest BCUT2D eigenvalue weighted by atomic mass is 16.2. The van der Waals surface area contributed by atoms with E-state index in [0.717, 1.165) is 0 Å². The lowest BCUT2D eigenvalue weighted by atomic mass is 10.0. The summed E-state index contributed by atoms with van der Waals surface area (Å²) in [6, 6.07) is 20.1. The van der Waals surface area contributed by atoms with Gasteiger partial charge in [-0.05, 0) is 55.9 Å². The molecule has 5 rings (SSSR count). The van der Waals surface area contributed by atoms with E-state index in [-0.39, 0.29) is 29.4 Å². The van der Waals surface area contributed by atoms with Gasteiger partial charge in [0.15, 0.2) is 0 Å². The number of rotatable bonds is 6. The molecule has 5 aromatic rings. The lowest BCUT2D eigenvalue weighted by Gasteiger charge is -2.29. The summed E-state index contributed by atoms with van der Waals surface area (Å²) in [5.41, 5.74) is 8.14. The van der Waals surface area contributed by atoms with E-state index < -0.39 is 12.1 Å². The van der Waals surface area contributed by atoms with Gasteiger partial charge in [0, 0.05) is 36.0 Å². The number of nitrogens with zero attached hydrogens (tertiary/aromatic N) is 4. The first-order chi connectivity index (χ1) is 20.3. The molecule has 2 aromatic carbocycles. The summed E-state index contributed by atoms with van der Waals surface area (Å²) in [6.07, 6.45) is 2.42. The minimum absolute atomic E-state index is 0.0534. The van der Waals surface area contributed by atoms with Gasteiger partial charge >= 0.3 is 0 Å². The number of nitrogen functional groups attached to an aromatic ring is 1. The Balaban J connectivity index is 1.68. The molecule has 0 aliphatic rings. The van der Waals surface area contributed by atoms with Crippen LogP contribution < -0.4 is 21.9 Å². The Morgan fingerprint density at radius 2 is 1.79 bits per heavy atom. The van der Waals surface area contributed by atoms with Crippen LogP contribution in [0.3, 0.4) is 0 Å². The number of anilines is 1. The molecule has 10 heteroatoms. The van der Waals surface area contributed by atoms with Crippen LogP contribution in [0.1, 0.15) is 34.7 Å². The van der Waals surface area contributed by atoms with E-state index in [9.17, 15) is 14.4 Å². The molecule has 0 radical (unpaired) electrons. The second-order valence-electron chi connectivity index (χ2n) is 9.83. The van der Waals surface area contributed by atoms with Gasteiger partial charge in [0.25, 0.3) is 11.5 Å². The van der Waals surface area contributed by atoms with Crippen LogP contribution in [0.5, 0.6) is 0 Å². The Labute approximate surface area is 242 Å². The summed E-state index contributed by atoms with van der Waals surface area (Å²) in [5, 5.41) is 7.45. The van der Waals surface area contributed by atoms with Crippen LogP contribution in [-0.2, 0) is 4.79 Å². The van der Waals surface area contributed by atoms with Crippen LogP contribution in [0.4, 0.5) is 5.82 Å². The number of carbonyl (C=O) groups is 2. The molecule has 3 heterocycles. The SMILES string of the molecule is CC(=O)NCC#Cc1cccc2cc([C@@H](NC(=O)c3c(N)ncc4cccnc34)N(C)C)n(-c3ccccc3)c(=O)c12. The van der Waals surface area contributed by atoms with Gasteiger partial charge in [-0.1, -0.05) is 42.2 Å². The van der Waals surface area contributed by atoms with Crippen LogP contribution in [0.25, 0.3) is 27.4 Å². The quantitative estimate of drug-likeness (QED) is 0.215. The van der Waals surface area contributed by atoms with Crippen LogP contribution in [0.15, 0.2) is 83.9 Å². The minimum atomic E-state index is -0.748. The van der Waals surface area contributed by atoms with E-state index in [1.807, 2.05) is 68.7 Å². The summed E-state index contributed by atoms with van der Waals surface area (Å²) < 4.78 is 1.58. The Morgan fingerprint density at radius 1 is 1.02 bits per heavy atom. The molecular formula is C32H29N7O3. The van der Waals surface area contributed by atoms with E-state index in [1.165, 1.54) is 6.92 Å². The number of para-hydroxylation sites is 1. The number of amides is 2. The number of benzene rings is 2. The molecule has 3 aromatic heterocycles. The normalized spacial score (nSPS) is 11.6. The lowest BCUT2D eigenvalue weighted by Crippen LogP contribution is -2.41. The fourth-order valence-corrected chi connectivity index (χ4v) is 4.78. The molecule has 0 unspecified atom stereocenters. The maximum absolute atomic E-state index is 14.3. The van der Waals surface area contributed by atoms with Crippen LogP contribution >= 0.6 is 0 Å². The Kier molecular flexibility index (Phi) is 7.95. The summed E-state index contributed by atoms with van der Waals surface area (Å²) in [6.45, 7) is 1.58. The standard InChI is InChI=1S/C32H29N7O3/c1-20(40)34-16-8-12-21-10-7-11-22-18-25(39(32(42)26(21)22)24-14-5-4-6-15-24)30(38(2)3)37-31(41)27-28-23(13-9-17-35-28)19-36-29(27)33/h4-7,9-11,13-15,17-19,30H,16H2,1-3H3,(H2,33,36)(H,34,40)(H,37,41)/t30-/m0/s1. The van der Waals surface area contributed by atoms with Gasteiger partial charge in [-0.2, -0.15) is 0 Å². The highest BCUT2D eigenvalue weighted by Gasteiger charge is 2.26. The minimum Gasteiger partial charge on any atom is -0.383 e. The molecule has 0 fully saturated rings. The fraction of sp³-hybridized carbons (Fsp3) is 0.156. The largest absolute Gasteiger partial charge is 0.383 e. The van der Waals surface area contributed by atoms with Crippen molar-refractivity contribution in [2.24, 2.45) is 0 Å². The molecule has 42 heavy (non-hydrogen) atoms. The first-order valence-corrected chi connectivity index (χ1v) is 13.2. The molecule has 0 saturated carbocycles. The van der Waals surface area contributed by atoms with Crippen molar-refractivity contribution in [3.8, 4) is 17.5 Å². The van der Waals surface area contributed by atoms with Crippen molar-refractivity contribution in [3.05, 3.63) is 106 Å². The van der Waals surface area contributed by atoms with E-state index in [4.69, 9.17) is 5.73 Å². The Bertz CT molecular complexity index is 1940. The number of fused-ring (bicyclic) bond motifs is 2. The van der Waals surface area contributed by atoms with Crippen molar-refractivity contribution in [2.75, 3.05) is 26.4 Å². The van der Waals surface area contributed by atoms with Crippen LogP contribution in [0.2, 0.25) is 0 Å². The number of nitrogens with two attached hydrogens (primary N) is 1. The van der Waals surface area contributed by atoms with Gasteiger partial charge in [0.05, 0.1) is 23.1 Å². The molecule has 0 aliphatic heterocycles. The third-order valence-electron chi connectivity index (χ3n) is 6.70. The van der Waals surface area contributed by atoms with E-state index in [0.29, 0.717) is 38.6 Å². The molecule has 0 bridgehead atoms. The lowest BCUT2D eigenvalue weighted by molar-refractivity contribution is -0.118. The van der Waals surface area contributed by atoms with Gasteiger partial charge in [-0.25, -0.2) is 4.98 Å². The van der Waals surface area contributed by atoms with Crippen LogP contribution in [0, 0.1) is 11.8 Å². The average molecular weight is 560 g/mol. The molecule has 0 spiro atoms. The average Bonchev–Trinajstić information content (AvgIpc) is 2.98. The zero-order valence-electron chi connectivity index (χ0n) is 23.4. The molecule has 10 nitrogen and oxygen atoms in total. The number of pyridine rings is 3. The maximum Gasteiger partial charge on any atom is 0.264 e. The summed E-state index contributed by atoms with van der Waals surface area (Å²) in [4.78, 5) is 49.7. The third kappa shape index (κ3) is 5.54. The van der Waals surface area contributed by atoms with Crippen molar-refractivity contribution >= 4 is 39.3 Å². The molecule has 1 atom stereocenters. The zero-order valence-corrected chi connectivity index (χ0v) is 23.4.